The number of nitrogens with zero attached hydrogens (tertiary/aromatic N) is 3. The molecule has 124 valence electrons. The normalized spacial score (nSPS) is 10.6. The van der Waals surface area contributed by atoms with Crippen molar-refractivity contribution in [2.24, 2.45) is 0 Å². The molecule has 1 aromatic carbocycles. The van der Waals surface area contributed by atoms with Crippen LogP contribution in [0.15, 0.2) is 36.5 Å². The molecule has 0 radical (unpaired) electrons. The number of anilines is 1. The largest absolute Gasteiger partial charge is 0.471 e. The number of para-hydroxylation sites is 1. The van der Waals surface area contributed by atoms with Gasteiger partial charge in [0.05, 0.1) is 5.69 Å². The number of hydrogen-bond donors (Lipinski definition) is 1. The molecule has 1 N–H and O–H groups in total. The SMILES string of the molecule is Cc1ccccc1OCn1ccc(C(=O)Nc2nc(C)c(C)s2)n1. The lowest BCUT2D eigenvalue weighted by Gasteiger charge is -2.08. The number of carbonyl (C=O) groups excluding carboxylic acids is 1. The van der Waals surface area contributed by atoms with Gasteiger partial charge in [-0.3, -0.25) is 10.1 Å². The Hall–Kier alpha value is -2.67. The number of thiazole rings is 1. The van der Waals surface area contributed by atoms with E-state index in [-0.39, 0.29) is 12.6 Å². The highest BCUT2D eigenvalue weighted by Crippen LogP contribution is 2.21. The standard InChI is InChI=1S/C17H18N4O2S/c1-11-6-4-5-7-15(11)23-10-21-9-8-14(20-21)16(22)19-17-18-12(2)13(3)24-17/h4-9H,10H2,1-3H3,(H,18,19,22). The molecule has 2 heterocycles. The lowest BCUT2D eigenvalue weighted by atomic mass is 10.2. The number of hydrogen-bond acceptors (Lipinski definition) is 5. The molecular weight excluding hydrogens is 324 g/mol. The number of rotatable bonds is 5. The lowest BCUT2D eigenvalue weighted by Crippen LogP contribution is -2.14. The van der Waals surface area contributed by atoms with Gasteiger partial charge in [0.2, 0.25) is 0 Å². The molecule has 1 amide bonds. The summed E-state index contributed by atoms with van der Waals surface area (Å²) in [5.41, 5.74) is 2.30. The third-order valence-electron chi connectivity index (χ3n) is 3.57. The zero-order valence-corrected chi connectivity index (χ0v) is 14.6. The summed E-state index contributed by atoms with van der Waals surface area (Å²) in [6.07, 6.45) is 1.71. The van der Waals surface area contributed by atoms with Gasteiger partial charge < -0.3 is 4.74 Å². The predicted octanol–water partition coefficient (Wildman–Crippen LogP) is 3.55. The van der Waals surface area contributed by atoms with Crippen molar-refractivity contribution in [3.63, 3.8) is 0 Å². The van der Waals surface area contributed by atoms with Crippen molar-refractivity contribution in [2.75, 3.05) is 5.32 Å². The highest BCUT2D eigenvalue weighted by atomic mass is 32.1. The fraction of sp³-hybridized carbons (Fsp3) is 0.235. The van der Waals surface area contributed by atoms with Crippen molar-refractivity contribution >= 4 is 22.4 Å². The second-order valence-corrected chi connectivity index (χ2v) is 6.60. The van der Waals surface area contributed by atoms with Crippen LogP contribution in [-0.2, 0) is 6.73 Å². The molecule has 0 saturated heterocycles. The van der Waals surface area contributed by atoms with Crippen LogP contribution in [0.2, 0.25) is 0 Å². The molecule has 2 aromatic heterocycles. The van der Waals surface area contributed by atoms with Crippen LogP contribution in [0, 0.1) is 20.8 Å². The monoisotopic (exact) mass is 342 g/mol. The number of aryl methyl sites for hydroxylation is 3. The second-order valence-electron chi connectivity index (χ2n) is 5.39. The van der Waals surface area contributed by atoms with E-state index < -0.39 is 0 Å². The van der Waals surface area contributed by atoms with E-state index in [0.717, 1.165) is 21.9 Å². The Morgan fingerprint density at radius 1 is 1.25 bits per heavy atom. The molecule has 0 aliphatic rings. The summed E-state index contributed by atoms with van der Waals surface area (Å²) in [5.74, 6) is 0.520. The minimum absolute atomic E-state index is 0.244. The number of nitrogens with one attached hydrogen (secondary N) is 1. The van der Waals surface area contributed by atoms with Gasteiger partial charge in [-0.25, -0.2) is 9.67 Å². The highest BCUT2D eigenvalue weighted by molar-refractivity contribution is 7.15. The molecule has 7 heteroatoms. The van der Waals surface area contributed by atoms with Gasteiger partial charge in [0.25, 0.3) is 5.91 Å². The zero-order valence-electron chi connectivity index (χ0n) is 13.7. The van der Waals surface area contributed by atoms with Crippen LogP contribution in [0.4, 0.5) is 5.13 Å². The summed E-state index contributed by atoms with van der Waals surface area (Å²) in [6, 6.07) is 9.42. The topological polar surface area (TPSA) is 69.0 Å². The van der Waals surface area contributed by atoms with Crippen LogP contribution >= 0.6 is 11.3 Å². The summed E-state index contributed by atoms with van der Waals surface area (Å²) in [4.78, 5) is 17.6. The molecular formula is C17H18N4O2S. The van der Waals surface area contributed by atoms with Gasteiger partial charge in [-0.15, -0.1) is 11.3 Å². The van der Waals surface area contributed by atoms with Gasteiger partial charge in [-0.1, -0.05) is 18.2 Å². The Labute approximate surface area is 144 Å². The fourth-order valence-electron chi connectivity index (χ4n) is 2.10. The number of benzene rings is 1. The Morgan fingerprint density at radius 3 is 2.75 bits per heavy atom. The molecule has 0 fully saturated rings. The van der Waals surface area contributed by atoms with E-state index in [4.69, 9.17) is 4.74 Å². The van der Waals surface area contributed by atoms with Crippen molar-refractivity contribution < 1.29 is 9.53 Å². The summed E-state index contributed by atoms with van der Waals surface area (Å²) in [6.45, 7) is 6.11. The third kappa shape index (κ3) is 3.62. The van der Waals surface area contributed by atoms with Gasteiger partial charge in [0, 0.05) is 11.1 Å². The van der Waals surface area contributed by atoms with Crippen LogP contribution in [0.3, 0.4) is 0 Å². The Bertz CT molecular complexity index is 850. The molecule has 24 heavy (non-hydrogen) atoms. The second kappa shape index (κ2) is 6.84. The number of carbonyl (C=O) groups is 1. The van der Waals surface area contributed by atoms with Gasteiger partial charge in [-0.05, 0) is 38.5 Å². The van der Waals surface area contributed by atoms with Crippen LogP contribution in [0.25, 0.3) is 0 Å². The molecule has 6 nitrogen and oxygen atoms in total. The zero-order chi connectivity index (χ0) is 17.1. The van der Waals surface area contributed by atoms with Gasteiger partial charge in [0.15, 0.2) is 17.6 Å². The maximum Gasteiger partial charge on any atom is 0.277 e. The summed E-state index contributed by atoms with van der Waals surface area (Å²) >= 11 is 1.45. The lowest BCUT2D eigenvalue weighted by molar-refractivity contribution is 0.102. The first-order chi connectivity index (χ1) is 11.5. The van der Waals surface area contributed by atoms with Crippen LogP contribution < -0.4 is 10.1 Å². The Balaban J connectivity index is 1.62. The van der Waals surface area contributed by atoms with Crippen molar-refractivity contribution in [3.05, 3.63) is 58.4 Å². The predicted molar refractivity (Wildman–Crippen MR) is 93.6 cm³/mol. The maximum absolute atomic E-state index is 12.2. The molecule has 0 spiro atoms. The van der Waals surface area contributed by atoms with Crippen molar-refractivity contribution in [3.8, 4) is 5.75 Å². The minimum atomic E-state index is -0.279. The quantitative estimate of drug-likeness (QED) is 0.770. The van der Waals surface area contributed by atoms with E-state index in [2.05, 4.69) is 15.4 Å². The first kappa shape index (κ1) is 16.2. The third-order valence-corrected chi connectivity index (χ3v) is 4.56. The molecule has 0 bridgehead atoms. The smallest absolute Gasteiger partial charge is 0.277 e. The van der Waals surface area contributed by atoms with Gasteiger partial charge in [-0.2, -0.15) is 5.10 Å². The van der Waals surface area contributed by atoms with E-state index in [0.29, 0.717) is 10.8 Å². The fourth-order valence-corrected chi connectivity index (χ4v) is 2.91. The average molecular weight is 342 g/mol. The molecule has 0 unspecified atom stereocenters. The van der Waals surface area contributed by atoms with E-state index in [9.17, 15) is 4.79 Å². The van der Waals surface area contributed by atoms with Crippen molar-refractivity contribution in [1.82, 2.24) is 14.8 Å². The summed E-state index contributed by atoms with van der Waals surface area (Å²) in [7, 11) is 0. The van der Waals surface area contributed by atoms with Gasteiger partial charge >= 0.3 is 0 Å². The number of ether oxygens (including phenoxy) is 1. The Kier molecular flexibility index (Phi) is 4.61. The van der Waals surface area contributed by atoms with E-state index in [1.807, 2.05) is 45.0 Å². The highest BCUT2D eigenvalue weighted by Gasteiger charge is 2.13. The van der Waals surface area contributed by atoms with Gasteiger partial charge in [0.1, 0.15) is 5.75 Å². The molecule has 3 aromatic rings. The Morgan fingerprint density at radius 2 is 2.04 bits per heavy atom. The first-order valence-corrected chi connectivity index (χ1v) is 8.32. The van der Waals surface area contributed by atoms with E-state index >= 15 is 0 Å². The van der Waals surface area contributed by atoms with Crippen LogP contribution in [0.1, 0.15) is 26.6 Å². The number of amides is 1. The van der Waals surface area contributed by atoms with Crippen molar-refractivity contribution in [1.29, 1.82) is 0 Å². The summed E-state index contributed by atoms with van der Waals surface area (Å²) < 4.78 is 7.29. The first-order valence-electron chi connectivity index (χ1n) is 7.50. The van der Waals surface area contributed by atoms with Crippen molar-refractivity contribution in [2.45, 2.75) is 27.5 Å². The van der Waals surface area contributed by atoms with Crippen LogP contribution in [-0.4, -0.2) is 20.7 Å². The average Bonchev–Trinajstić information content (AvgIpc) is 3.14. The molecule has 0 saturated carbocycles. The minimum Gasteiger partial charge on any atom is -0.471 e. The van der Waals surface area contributed by atoms with E-state index in [1.165, 1.54) is 11.3 Å². The molecule has 0 aliphatic heterocycles. The maximum atomic E-state index is 12.2. The molecule has 0 aliphatic carbocycles. The molecule has 0 atom stereocenters. The van der Waals surface area contributed by atoms with Crippen LogP contribution in [0.5, 0.6) is 5.75 Å². The summed E-state index contributed by atoms with van der Waals surface area (Å²) in [5, 5.41) is 7.59. The van der Waals surface area contributed by atoms with E-state index in [1.54, 1.807) is 16.9 Å². The number of aromatic nitrogens is 3. The molecule has 3 rings (SSSR count).